The predicted octanol–water partition coefficient (Wildman–Crippen LogP) is 5.70. The number of rotatable bonds is 12. The average molecular weight is 627 g/mol. The molecule has 0 unspecified atom stereocenters. The molecule has 12 heteroatoms. The number of sulfonamides is 1. The maximum Gasteiger partial charge on any atom is 0.269 e. The molecule has 1 atom stereocenters. The van der Waals surface area contributed by atoms with Gasteiger partial charge in [0.25, 0.3) is 15.7 Å². The van der Waals surface area contributed by atoms with Gasteiger partial charge in [-0.3, -0.25) is 24.0 Å². The molecule has 0 saturated heterocycles. The van der Waals surface area contributed by atoms with Crippen LogP contribution in [0.3, 0.4) is 0 Å². The molecule has 0 aromatic heterocycles. The molecule has 10 nitrogen and oxygen atoms in total. The van der Waals surface area contributed by atoms with Crippen molar-refractivity contribution in [3.8, 4) is 0 Å². The van der Waals surface area contributed by atoms with Crippen LogP contribution in [-0.2, 0) is 26.2 Å². The molecule has 0 heterocycles. The maximum absolute atomic E-state index is 14.2. The van der Waals surface area contributed by atoms with Crippen molar-refractivity contribution in [2.45, 2.75) is 69.0 Å². The van der Waals surface area contributed by atoms with Crippen molar-refractivity contribution in [2.75, 3.05) is 10.8 Å². The molecule has 3 aromatic rings. The molecule has 1 aliphatic rings. The van der Waals surface area contributed by atoms with E-state index < -0.39 is 33.4 Å². The SMILES string of the molecule is CC[C@H](C(=O)NC1CCCCC1)N(Cc1ccc(Cl)cc1)C(=O)CN(c1ccc([N+](=O)[O-])cc1)S(=O)(=O)c1ccccc1. The Bertz CT molecular complexity index is 1510. The smallest absolute Gasteiger partial charge is 0.269 e. The maximum atomic E-state index is 14.2. The van der Waals surface area contributed by atoms with E-state index in [-0.39, 0.29) is 34.8 Å². The van der Waals surface area contributed by atoms with Crippen molar-refractivity contribution >= 4 is 44.8 Å². The third kappa shape index (κ3) is 8.11. The summed E-state index contributed by atoms with van der Waals surface area (Å²) in [5.74, 6) is -0.886. The number of nitrogens with zero attached hydrogens (tertiary/aromatic N) is 3. The highest BCUT2D eigenvalue weighted by atomic mass is 35.5. The zero-order chi connectivity index (χ0) is 31.0. The number of nitro groups is 1. The first kappa shape index (κ1) is 32.0. The molecule has 1 N–H and O–H groups in total. The van der Waals surface area contributed by atoms with Crippen LogP contribution >= 0.6 is 11.6 Å². The molecule has 1 saturated carbocycles. The summed E-state index contributed by atoms with van der Waals surface area (Å²) in [6, 6.07) is 18.6. The zero-order valence-electron chi connectivity index (χ0n) is 23.9. The number of carbonyl (C=O) groups excluding carboxylic acids is 2. The number of anilines is 1. The number of carbonyl (C=O) groups is 2. The second-order valence-corrected chi connectivity index (χ2v) is 12.8. The number of benzene rings is 3. The topological polar surface area (TPSA) is 130 Å². The molecule has 4 rings (SSSR count). The molecule has 0 spiro atoms. The van der Waals surface area contributed by atoms with Gasteiger partial charge in [-0.2, -0.15) is 0 Å². The van der Waals surface area contributed by atoms with E-state index in [0.29, 0.717) is 11.4 Å². The van der Waals surface area contributed by atoms with Gasteiger partial charge in [0.05, 0.1) is 15.5 Å². The molecule has 0 radical (unpaired) electrons. The molecule has 43 heavy (non-hydrogen) atoms. The van der Waals surface area contributed by atoms with E-state index in [4.69, 9.17) is 11.6 Å². The minimum atomic E-state index is -4.27. The van der Waals surface area contributed by atoms with Gasteiger partial charge in [0.15, 0.2) is 0 Å². The number of hydrogen-bond donors (Lipinski definition) is 1. The highest BCUT2D eigenvalue weighted by molar-refractivity contribution is 7.92. The number of amides is 2. The van der Waals surface area contributed by atoms with Crippen molar-refractivity contribution in [3.63, 3.8) is 0 Å². The number of non-ortho nitro benzene ring substituents is 1. The molecule has 1 aliphatic carbocycles. The largest absolute Gasteiger partial charge is 0.352 e. The standard InChI is InChI=1S/C31H35ClN4O6S/c1-2-29(31(38)33-25-9-5-3-6-10-25)34(21-23-13-15-24(32)16-14-23)30(37)22-35(26-17-19-27(20-18-26)36(39)40)43(41,42)28-11-7-4-8-12-28/h4,7-8,11-20,25,29H,2-3,5-6,9-10,21-22H2,1H3,(H,33,38)/t29-/m1/s1. The predicted molar refractivity (Wildman–Crippen MR) is 165 cm³/mol. The third-order valence-corrected chi connectivity index (χ3v) is 9.60. The van der Waals surface area contributed by atoms with Crippen LogP contribution in [0.4, 0.5) is 11.4 Å². The highest BCUT2D eigenvalue weighted by Crippen LogP contribution is 2.27. The summed E-state index contributed by atoms with van der Waals surface area (Å²) in [6.07, 6.45) is 5.22. The monoisotopic (exact) mass is 626 g/mol. The second kappa shape index (κ2) is 14.5. The Morgan fingerprint density at radius 2 is 1.60 bits per heavy atom. The van der Waals surface area contributed by atoms with Crippen LogP contribution in [0.15, 0.2) is 83.8 Å². The first-order valence-electron chi connectivity index (χ1n) is 14.3. The van der Waals surface area contributed by atoms with Crippen molar-refractivity contribution in [3.05, 3.63) is 99.6 Å². The molecule has 3 aromatic carbocycles. The number of hydrogen-bond acceptors (Lipinski definition) is 6. The van der Waals surface area contributed by atoms with Gasteiger partial charge in [-0.15, -0.1) is 0 Å². The van der Waals surface area contributed by atoms with Crippen LogP contribution in [0.25, 0.3) is 0 Å². The van der Waals surface area contributed by atoms with Gasteiger partial charge in [0.2, 0.25) is 11.8 Å². The van der Waals surface area contributed by atoms with Crippen molar-refractivity contribution < 1.29 is 22.9 Å². The quantitative estimate of drug-likeness (QED) is 0.203. The first-order chi connectivity index (χ1) is 20.6. The van der Waals surface area contributed by atoms with E-state index >= 15 is 0 Å². The summed E-state index contributed by atoms with van der Waals surface area (Å²) in [5.41, 5.74) is 0.574. The van der Waals surface area contributed by atoms with Gasteiger partial charge in [0, 0.05) is 29.7 Å². The summed E-state index contributed by atoms with van der Waals surface area (Å²) >= 11 is 6.08. The summed E-state index contributed by atoms with van der Waals surface area (Å²) in [5, 5.41) is 14.9. The lowest BCUT2D eigenvalue weighted by Crippen LogP contribution is -2.54. The molecule has 2 amide bonds. The minimum Gasteiger partial charge on any atom is -0.352 e. The Morgan fingerprint density at radius 3 is 2.19 bits per heavy atom. The Hall–Kier alpha value is -3.96. The number of halogens is 1. The Morgan fingerprint density at radius 1 is 0.977 bits per heavy atom. The van der Waals surface area contributed by atoms with Crippen LogP contribution in [0.1, 0.15) is 51.0 Å². The van der Waals surface area contributed by atoms with Crippen LogP contribution in [0.2, 0.25) is 5.02 Å². The lowest BCUT2D eigenvalue weighted by Gasteiger charge is -2.34. The van der Waals surface area contributed by atoms with Crippen LogP contribution in [0, 0.1) is 10.1 Å². The van der Waals surface area contributed by atoms with E-state index in [1.165, 1.54) is 41.3 Å². The van der Waals surface area contributed by atoms with Gasteiger partial charge < -0.3 is 10.2 Å². The van der Waals surface area contributed by atoms with E-state index in [1.54, 1.807) is 42.5 Å². The Labute approximate surface area is 256 Å². The molecular weight excluding hydrogens is 592 g/mol. The average Bonchev–Trinajstić information content (AvgIpc) is 3.01. The van der Waals surface area contributed by atoms with E-state index in [0.717, 1.165) is 42.0 Å². The Balaban J connectivity index is 1.70. The Kier molecular flexibility index (Phi) is 10.8. The molecule has 1 fully saturated rings. The molecule has 0 aliphatic heterocycles. The summed E-state index contributed by atoms with van der Waals surface area (Å²) < 4.78 is 28.7. The lowest BCUT2D eigenvalue weighted by atomic mass is 9.95. The van der Waals surface area contributed by atoms with Gasteiger partial charge >= 0.3 is 0 Å². The van der Waals surface area contributed by atoms with Crippen LogP contribution in [-0.4, -0.2) is 48.7 Å². The third-order valence-electron chi connectivity index (χ3n) is 7.56. The first-order valence-corrected chi connectivity index (χ1v) is 16.1. The summed E-state index contributed by atoms with van der Waals surface area (Å²) in [7, 11) is -4.27. The normalized spacial score (nSPS) is 14.5. The van der Waals surface area contributed by atoms with Crippen molar-refractivity contribution in [1.29, 1.82) is 0 Å². The highest BCUT2D eigenvalue weighted by Gasteiger charge is 2.34. The van der Waals surface area contributed by atoms with Gasteiger partial charge in [-0.05, 0) is 61.2 Å². The summed E-state index contributed by atoms with van der Waals surface area (Å²) in [4.78, 5) is 39.8. The van der Waals surface area contributed by atoms with E-state index in [9.17, 15) is 28.1 Å². The van der Waals surface area contributed by atoms with Crippen molar-refractivity contribution in [1.82, 2.24) is 10.2 Å². The second-order valence-electron chi connectivity index (χ2n) is 10.5. The van der Waals surface area contributed by atoms with Gasteiger partial charge in [-0.25, -0.2) is 8.42 Å². The number of nitro benzene ring substituents is 1. The molecular formula is C31H35ClN4O6S. The summed E-state index contributed by atoms with van der Waals surface area (Å²) in [6.45, 7) is 1.23. The number of nitrogens with one attached hydrogen (secondary N) is 1. The van der Waals surface area contributed by atoms with Crippen LogP contribution < -0.4 is 9.62 Å². The fourth-order valence-corrected chi connectivity index (χ4v) is 6.80. The lowest BCUT2D eigenvalue weighted by molar-refractivity contribution is -0.384. The van der Waals surface area contributed by atoms with E-state index in [1.807, 2.05) is 6.92 Å². The zero-order valence-corrected chi connectivity index (χ0v) is 25.5. The van der Waals surface area contributed by atoms with Crippen LogP contribution in [0.5, 0.6) is 0 Å². The van der Waals surface area contributed by atoms with Crippen molar-refractivity contribution in [2.24, 2.45) is 0 Å². The van der Waals surface area contributed by atoms with Gasteiger partial charge in [-0.1, -0.05) is 68.1 Å². The van der Waals surface area contributed by atoms with E-state index in [2.05, 4.69) is 5.32 Å². The molecule has 0 bridgehead atoms. The minimum absolute atomic E-state index is 0.0258. The fourth-order valence-electron chi connectivity index (χ4n) is 5.24. The molecule has 228 valence electrons. The fraction of sp³-hybridized carbons (Fsp3) is 0.355. The van der Waals surface area contributed by atoms with Gasteiger partial charge in [0.1, 0.15) is 12.6 Å².